The zero-order valence-corrected chi connectivity index (χ0v) is 15.9. The molecule has 1 aromatic carbocycles. The number of carbonyl (C=O) groups excluding carboxylic acids is 1. The number of aromatic nitrogens is 2. The average Bonchev–Trinajstić information content (AvgIpc) is 3.13. The molecule has 0 aliphatic carbocycles. The van der Waals surface area contributed by atoms with Gasteiger partial charge in [-0.25, -0.2) is 9.97 Å². The highest BCUT2D eigenvalue weighted by molar-refractivity contribution is 5.93. The quantitative estimate of drug-likeness (QED) is 0.893. The molecule has 2 aromatic rings. The topological polar surface area (TPSA) is 67.3 Å². The molecule has 1 N–H and O–H groups in total. The van der Waals surface area contributed by atoms with Gasteiger partial charge in [-0.15, -0.1) is 0 Å². The van der Waals surface area contributed by atoms with Crippen LogP contribution in [-0.2, 0) is 11.2 Å². The van der Waals surface area contributed by atoms with Crippen LogP contribution in [0.2, 0.25) is 0 Å². The standard InChI is InChI=1S/C20H26N4O2/c1-13-11-16(7-8-17(13)26-4)12-18(25)23-19-14(2)21-20(22-15(19)3)24-9-5-6-10-24/h7-8,11H,5-6,9-10,12H2,1-4H3,(H,23,25). The number of ether oxygens (including phenoxy) is 1. The number of carbonyl (C=O) groups is 1. The van der Waals surface area contributed by atoms with Crippen LogP contribution < -0.4 is 15.0 Å². The zero-order chi connectivity index (χ0) is 18.7. The highest BCUT2D eigenvalue weighted by Crippen LogP contribution is 2.23. The van der Waals surface area contributed by atoms with Crippen LogP contribution in [0, 0.1) is 20.8 Å². The largest absolute Gasteiger partial charge is 0.496 e. The van der Waals surface area contributed by atoms with Gasteiger partial charge in [0.1, 0.15) is 5.75 Å². The minimum Gasteiger partial charge on any atom is -0.496 e. The second-order valence-electron chi connectivity index (χ2n) is 6.79. The summed E-state index contributed by atoms with van der Waals surface area (Å²) in [6.45, 7) is 7.81. The third kappa shape index (κ3) is 3.95. The SMILES string of the molecule is COc1ccc(CC(=O)Nc2c(C)nc(N3CCCC3)nc2C)cc1C. The molecule has 1 aliphatic rings. The summed E-state index contributed by atoms with van der Waals surface area (Å²) in [6, 6.07) is 5.78. The molecule has 0 spiro atoms. The number of hydrogen-bond donors (Lipinski definition) is 1. The van der Waals surface area contributed by atoms with Crippen molar-refractivity contribution in [1.82, 2.24) is 9.97 Å². The van der Waals surface area contributed by atoms with Crippen molar-refractivity contribution < 1.29 is 9.53 Å². The zero-order valence-electron chi connectivity index (χ0n) is 15.9. The van der Waals surface area contributed by atoms with Gasteiger partial charge in [-0.1, -0.05) is 12.1 Å². The van der Waals surface area contributed by atoms with Crippen LogP contribution >= 0.6 is 0 Å². The molecule has 6 heteroatoms. The Balaban J connectivity index is 1.71. The molecule has 26 heavy (non-hydrogen) atoms. The number of benzene rings is 1. The van der Waals surface area contributed by atoms with Crippen LogP contribution in [0.1, 0.15) is 35.4 Å². The van der Waals surface area contributed by atoms with Gasteiger partial charge >= 0.3 is 0 Å². The summed E-state index contributed by atoms with van der Waals surface area (Å²) < 4.78 is 5.26. The molecular weight excluding hydrogens is 328 g/mol. The fourth-order valence-corrected chi connectivity index (χ4v) is 3.36. The van der Waals surface area contributed by atoms with Gasteiger partial charge in [0.2, 0.25) is 11.9 Å². The smallest absolute Gasteiger partial charge is 0.228 e. The number of hydrogen-bond acceptors (Lipinski definition) is 5. The second-order valence-corrected chi connectivity index (χ2v) is 6.79. The van der Waals surface area contributed by atoms with Crippen LogP contribution in [-0.4, -0.2) is 36.1 Å². The molecule has 1 aromatic heterocycles. The molecule has 0 bridgehead atoms. The Morgan fingerprint density at radius 2 is 1.81 bits per heavy atom. The predicted molar refractivity (Wildman–Crippen MR) is 103 cm³/mol. The number of nitrogens with zero attached hydrogens (tertiary/aromatic N) is 3. The number of amides is 1. The van der Waals surface area contributed by atoms with Gasteiger partial charge in [0, 0.05) is 13.1 Å². The normalized spacial score (nSPS) is 13.8. The fourth-order valence-electron chi connectivity index (χ4n) is 3.36. The molecule has 1 amide bonds. The van der Waals surface area contributed by atoms with E-state index in [2.05, 4.69) is 20.2 Å². The van der Waals surface area contributed by atoms with Crippen LogP contribution in [0.25, 0.3) is 0 Å². The van der Waals surface area contributed by atoms with Crippen molar-refractivity contribution in [1.29, 1.82) is 0 Å². The van der Waals surface area contributed by atoms with Crippen molar-refractivity contribution in [3.8, 4) is 5.75 Å². The molecule has 1 saturated heterocycles. The summed E-state index contributed by atoms with van der Waals surface area (Å²) in [5.74, 6) is 1.52. The lowest BCUT2D eigenvalue weighted by Gasteiger charge is -2.18. The third-order valence-corrected chi connectivity index (χ3v) is 4.74. The maximum atomic E-state index is 12.5. The van der Waals surface area contributed by atoms with E-state index >= 15 is 0 Å². The number of methoxy groups -OCH3 is 1. The van der Waals surface area contributed by atoms with Gasteiger partial charge in [-0.2, -0.15) is 0 Å². The lowest BCUT2D eigenvalue weighted by Crippen LogP contribution is -2.23. The van der Waals surface area contributed by atoms with E-state index < -0.39 is 0 Å². The fraction of sp³-hybridized carbons (Fsp3) is 0.450. The van der Waals surface area contributed by atoms with E-state index in [1.54, 1.807) is 7.11 Å². The monoisotopic (exact) mass is 354 g/mol. The van der Waals surface area contributed by atoms with E-state index in [1.807, 2.05) is 39.0 Å². The maximum Gasteiger partial charge on any atom is 0.228 e. The van der Waals surface area contributed by atoms with Crippen molar-refractivity contribution in [2.75, 3.05) is 30.4 Å². The maximum absolute atomic E-state index is 12.5. The molecule has 2 heterocycles. The van der Waals surface area contributed by atoms with E-state index in [-0.39, 0.29) is 5.91 Å². The molecule has 1 fully saturated rings. The first-order chi connectivity index (χ1) is 12.5. The van der Waals surface area contributed by atoms with Crippen molar-refractivity contribution in [3.05, 3.63) is 40.7 Å². The van der Waals surface area contributed by atoms with Gasteiger partial charge in [0.25, 0.3) is 0 Å². The molecule has 1 aliphatic heterocycles. The lowest BCUT2D eigenvalue weighted by atomic mass is 10.1. The molecule has 0 unspecified atom stereocenters. The number of nitrogens with one attached hydrogen (secondary N) is 1. The number of anilines is 2. The summed E-state index contributed by atoms with van der Waals surface area (Å²) in [6.07, 6.45) is 2.67. The van der Waals surface area contributed by atoms with Gasteiger partial charge in [0.05, 0.1) is 30.6 Å². The molecule has 0 radical (unpaired) electrons. The van der Waals surface area contributed by atoms with E-state index in [0.717, 1.165) is 47.3 Å². The van der Waals surface area contributed by atoms with Crippen molar-refractivity contribution >= 4 is 17.5 Å². The second kappa shape index (κ2) is 7.72. The number of rotatable bonds is 5. The average molecular weight is 354 g/mol. The summed E-state index contributed by atoms with van der Waals surface area (Å²) in [5.41, 5.74) is 4.29. The van der Waals surface area contributed by atoms with Crippen LogP contribution in [0.3, 0.4) is 0 Å². The highest BCUT2D eigenvalue weighted by Gasteiger charge is 2.18. The Morgan fingerprint density at radius 3 is 2.38 bits per heavy atom. The van der Waals surface area contributed by atoms with Gasteiger partial charge in [0.15, 0.2) is 0 Å². The molecular formula is C20H26N4O2. The summed E-state index contributed by atoms with van der Waals surface area (Å²) in [4.78, 5) is 23.9. The van der Waals surface area contributed by atoms with E-state index in [9.17, 15) is 4.79 Å². The third-order valence-electron chi connectivity index (χ3n) is 4.74. The van der Waals surface area contributed by atoms with Crippen LogP contribution in [0.5, 0.6) is 5.75 Å². The van der Waals surface area contributed by atoms with Gasteiger partial charge in [-0.05, 0) is 50.8 Å². The first kappa shape index (κ1) is 18.2. The van der Waals surface area contributed by atoms with Crippen molar-refractivity contribution in [2.45, 2.75) is 40.0 Å². The Labute approximate surface area is 154 Å². The first-order valence-electron chi connectivity index (χ1n) is 9.01. The molecule has 138 valence electrons. The van der Waals surface area contributed by atoms with E-state index in [0.29, 0.717) is 12.1 Å². The first-order valence-corrected chi connectivity index (χ1v) is 9.01. The van der Waals surface area contributed by atoms with Crippen LogP contribution in [0.4, 0.5) is 11.6 Å². The van der Waals surface area contributed by atoms with Crippen molar-refractivity contribution in [2.24, 2.45) is 0 Å². The van der Waals surface area contributed by atoms with Crippen LogP contribution in [0.15, 0.2) is 18.2 Å². The highest BCUT2D eigenvalue weighted by atomic mass is 16.5. The van der Waals surface area contributed by atoms with Gasteiger partial charge < -0.3 is 15.0 Å². The molecule has 6 nitrogen and oxygen atoms in total. The Morgan fingerprint density at radius 1 is 1.15 bits per heavy atom. The van der Waals surface area contributed by atoms with Crippen molar-refractivity contribution in [3.63, 3.8) is 0 Å². The molecule has 0 atom stereocenters. The summed E-state index contributed by atoms with van der Waals surface area (Å²) in [7, 11) is 1.64. The number of aryl methyl sites for hydroxylation is 3. The predicted octanol–water partition coefficient (Wildman–Crippen LogP) is 3.19. The Kier molecular flexibility index (Phi) is 5.40. The summed E-state index contributed by atoms with van der Waals surface area (Å²) in [5, 5.41) is 2.98. The van der Waals surface area contributed by atoms with Gasteiger partial charge in [-0.3, -0.25) is 4.79 Å². The van der Waals surface area contributed by atoms with E-state index in [1.165, 1.54) is 12.8 Å². The molecule has 3 rings (SSSR count). The lowest BCUT2D eigenvalue weighted by molar-refractivity contribution is -0.115. The molecule has 0 saturated carbocycles. The Bertz CT molecular complexity index is 790. The Hall–Kier alpha value is -2.63. The minimum absolute atomic E-state index is 0.0710. The minimum atomic E-state index is -0.0710. The van der Waals surface area contributed by atoms with E-state index in [4.69, 9.17) is 4.74 Å². The summed E-state index contributed by atoms with van der Waals surface area (Å²) >= 11 is 0.